The van der Waals surface area contributed by atoms with Gasteiger partial charge in [0.2, 0.25) is 0 Å². The third-order valence-electron chi connectivity index (χ3n) is 8.18. The molecule has 3 aromatic carbocycles. The SMILES string of the molecule is C1CCC(C2CCCCC2)CC1.c1ccc(C2CCCCC2)cc1.c1ccccc1.c1ccccc1. The van der Waals surface area contributed by atoms with Gasteiger partial charge < -0.3 is 0 Å². The lowest BCUT2D eigenvalue weighted by atomic mass is 9.73. The summed E-state index contributed by atoms with van der Waals surface area (Å²) in [5.41, 5.74) is 1.55. The molecule has 3 saturated carbocycles. The summed E-state index contributed by atoms with van der Waals surface area (Å²) in [7, 11) is 0. The van der Waals surface area contributed by atoms with Gasteiger partial charge in [-0.1, -0.05) is 187 Å². The molecule has 0 heteroatoms. The Hall–Kier alpha value is -2.34. The molecule has 3 aromatic rings. The van der Waals surface area contributed by atoms with Gasteiger partial charge in [0.15, 0.2) is 0 Å². The molecule has 0 aromatic heterocycles. The predicted molar refractivity (Wildman–Crippen MR) is 158 cm³/mol. The van der Waals surface area contributed by atoms with E-state index in [1.165, 1.54) is 70.6 Å². The fraction of sp³-hybridized carbons (Fsp3) is 0.500. The van der Waals surface area contributed by atoms with Crippen molar-refractivity contribution < 1.29 is 0 Å². The molecule has 0 N–H and O–H groups in total. The molecule has 0 bridgehead atoms. The molecule has 0 saturated heterocycles. The quantitative estimate of drug-likeness (QED) is 0.340. The van der Waals surface area contributed by atoms with E-state index >= 15 is 0 Å². The Labute approximate surface area is 222 Å². The van der Waals surface area contributed by atoms with Gasteiger partial charge in [-0.05, 0) is 36.2 Å². The van der Waals surface area contributed by atoms with Crippen molar-refractivity contribution in [2.75, 3.05) is 0 Å². The number of rotatable bonds is 2. The molecule has 0 amide bonds. The van der Waals surface area contributed by atoms with Crippen molar-refractivity contribution in [3.05, 3.63) is 109 Å². The maximum Gasteiger partial charge on any atom is -0.0162 e. The molecule has 36 heavy (non-hydrogen) atoms. The summed E-state index contributed by atoms with van der Waals surface area (Å²) in [5.74, 6) is 3.14. The van der Waals surface area contributed by atoms with Crippen LogP contribution in [0.5, 0.6) is 0 Å². The Morgan fingerprint density at radius 2 is 0.583 bits per heavy atom. The van der Waals surface area contributed by atoms with Gasteiger partial charge in [0.25, 0.3) is 0 Å². The lowest BCUT2D eigenvalue weighted by molar-refractivity contribution is 0.196. The Morgan fingerprint density at radius 1 is 0.306 bits per heavy atom. The highest BCUT2D eigenvalue weighted by Crippen LogP contribution is 2.38. The van der Waals surface area contributed by atoms with E-state index in [4.69, 9.17) is 0 Å². The monoisotopic (exact) mass is 482 g/mol. The van der Waals surface area contributed by atoms with E-state index in [2.05, 4.69) is 30.3 Å². The van der Waals surface area contributed by atoms with E-state index in [1.54, 1.807) is 31.2 Å². The van der Waals surface area contributed by atoms with Crippen LogP contribution in [0.25, 0.3) is 0 Å². The van der Waals surface area contributed by atoms with E-state index in [0.717, 1.165) is 17.8 Å². The zero-order valence-electron chi connectivity index (χ0n) is 22.7. The van der Waals surface area contributed by atoms with Gasteiger partial charge in [-0.25, -0.2) is 0 Å². The fourth-order valence-corrected chi connectivity index (χ4v) is 6.14. The van der Waals surface area contributed by atoms with Gasteiger partial charge in [-0.3, -0.25) is 0 Å². The fourth-order valence-electron chi connectivity index (χ4n) is 6.14. The van der Waals surface area contributed by atoms with Crippen LogP contribution in [0.4, 0.5) is 0 Å². The van der Waals surface area contributed by atoms with Crippen LogP contribution >= 0.6 is 0 Å². The molecule has 0 aliphatic heterocycles. The molecule has 3 fully saturated rings. The average molecular weight is 483 g/mol. The summed E-state index contributed by atoms with van der Waals surface area (Å²) >= 11 is 0. The van der Waals surface area contributed by atoms with Crippen molar-refractivity contribution >= 4 is 0 Å². The highest BCUT2D eigenvalue weighted by Gasteiger charge is 2.24. The van der Waals surface area contributed by atoms with Gasteiger partial charge in [-0.15, -0.1) is 0 Å². The third kappa shape index (κ3) is 12.1. The number of hydrogen-bond acceptors (Lipinski definition) is 0. The van der Waals surface area contributed by atoms with E-state index < -0.39 is 0 Å². The maximum absolute atomic E-state index is 2.27. The van der Waals surface area contributed by atoms with Crippen LogP contribution in [-0.2, 0) is 0 Å². The Bertz CT molecular complexity index is 722. The Morgan fingerprint density at radius 3 is 0.917 bits per heavy atom. The lowest BCUT2D eigenvalue weighted by Gasteiger charge is -2.32. The maximum atomic E-state index is 2.27. The molecular formula is C36H50. The summed E-state index contributed by atoms with van der Waals surface area (Å²) in [6.07, 6.45) is 22.5. The van der Waals surface area contributed by atoms with Crippen LogP contribution in [0.15, 0.2) is 103 Å². The normalized spacial score (nSPS) is 18.8. The minimum Gasteiger partial charge on any atom is -0.0623 e. The standard InChI is InChI=1S/C12H22.C12H16.2C6H6/c2*1-3-7-11(8-4-1)12-9-5-2-6-10-12;2*1-2-4-6-5-3-1/h11-12H,1-10H2;1,3-4,7-8,12H,2,5-6,9-10H2;2*1-6H. The van der Waals surface area contributed by atoms with Crippen LogP contribution < -0.4 is 0 Å². The van der Waals surface area contributed by atoms with Gasteiger partial charge in [0, 0.05) is 0 Å². The number of benzene rings is 3. The largest absolute Gasteiger partial charge is 0.0623 e. The lowest BCUT2D eigenvalue weighted by Crippen LogP contribution is -2.20. The predicted octanol–water partition coefficient (Wildman–Crippen LogP) is 11.3. The molecule has 3 aliphatic carbocycles. The zero-order valence-corrected chi connectivity index (χ0v) is 22.7. The van der Waals surface area contributed by atoms with Gasteiger partial charge >= 0.3 is 0 Å². The smallest absolute Gasteiger partial charge is 0.0162 e. The van der Waals surface area contributed by atoms with Crippen molar-refractivity contribution in [1.29, 1.82) is 0 Å². The molecule has 0 unspecified atom stereocenters. The third-order valence-corrected chi connectivity index (χ3v) is 8.18. The van der Waals surface area contributed by atoms with Crippen molar-refractivity contribution in [3.63, 3.8) is 0 Å². The van der Waals surface area contributed by atoms with Crippen LogP contribution in [0.1, 0.15) is 108 Å². The van der Waals surface area contributed by atoms with Crippen molar-refractivity contribution in [3.8, 4) is 0 Å². The van der Waals surface area contributed by atoms with Gasteiger partial charge in [0.1, 0.15) is 0 Å². The van der Waals surface area contributed by atoms with E-state index in [-0.39, 0.29) is 0 Å². The van der Waals surface area contributed by atoms with Gasteiger partial charge in [0.05, 0.1) is 0 Å². The molecule has 0 atom stereocenters. The van der Waals surface area contributed by atoms with Crippen molar-refractivity contribution in [1.82, 2.24) is 0 Å². The molecule has 0 heterocycles. The van der Waals surface area contributed by atoms with Crippen LogP contribution in [-0.4, -0.2) is 0 Å². The molecule has 3 aliphatic rings. The first-order valence-electron chi connectivity index (χ1n) is 15.0. The summed E-state index contributed by atoms with van der Waals surface area (Å²) in [6.45, 7) is 0. The summed E-state index contributed by atoms with van der Waals surface area (Å²) in [4.78, 5) is 0. The van der Waals surface area contributed by atoms with Crippen molar-refractivity contribution in [2.24, 2.45) is 11.8 Å². The highest BCUT2D eigenvalue weighted by molar-refractivity contribution is 5.19. The zero-order chi connectivity index (χ0) is 24.9. The summed E-state index contributed by atoms with van der Waals surface area (Å²) in [5, 5.41) is 0. The van der Waals surface area contributed by atoms with E-state index in [1.807, 2.05) is 72.8 Å². The first-order valence-corrected chi connectivity index (χ1v) is 15.0. The van der Waals surface area contributed by atoms with Crippen LogP contribution in [0.2, 0.25) is 0 Å². The van der Waals surface area contributed by atoms with E-state index in [0.29, 0.717) is 0 Å². The molecular weight excluding hydrogens is 432 g/mol. The highest BCUT2D eigenvalue weighted by atomic mass is 14.3. The first kappa shape index (κ1) is 28.2. The second-order valence-corrected chi connectivity index (χ2v) is 10.9. The summed E-state index contributed by atoms with van der Waals surface area (Å²) < 4.78 is 0. The minimum atomic E-state index is 0.861. The van der Waals surface area contributed by atoms with E-state index in [9.17, 15) is 0 Å². The number of hydrogen-bond donors (Lipinski definition) is 0. The molecule has 0 spiro atoms. The average Bonchev–Trinajstić information content (AvgIpc) is 3.02. The topological polar surface area (TPSA) is 0 Å². The molecule has 0 radical (unpaired) electrons. The first-order chi connectivity index (χ1) is 17.9. The second kappa shape index (κ2) is 18.9. The molecule has 6 rings (SSSR count). The van der Waals surface area contributed by atoms with Crippen molar-refractivity contribution in [2.45, 2.75) is 102 Å². The molecule has 194 valence electrons. The molecule has 0 nitrogen and oxygen atoms in total. The minimum absolute atomic E-state index is 0.861. The van der Waals surface area contributed by atoms with Gasteiger partial charge in [-0.2, -0.15) is 0 Å². The Balaban J connectivity index is 0.000000141. The Kier molecular flexibility index (Phi) is 14.8. The van der Waals surface area contributed by atoms with Crippen LogP contribution in [0.3, 0.4) is 0 Å². The second-order valence-electron chi connectivity index (χ2n) is 10.9. The summed E-state index contributed by atoms with van der Waals surface area (Å²) in [6, 6.07) is 35.0. The van der Waals surface area contributed by atoms with Crippen LogP contribution in [0, 0.1) is 11.8 Å².